The average molecular weight is 565 g/mol. The first kappa shape index (κ1) is 27.1. The van der Waals surface area contributed by atoms with E-state index < -0.39 is 16.1 Å². The summed E-state index contributed by atoms with van der Waals surface area (Å²) in [6.45, 7) is 14.2. The molecule has 0 radical (unpaired) electrons. The fourth-order valence-corrected chi connectivity index (χ4v) is 10.4. The minimum atomic E-state index is -0.619. The Kier molecular flexibility index (Phi) is 7.06. The van der Waals surface area contributed by atoms with Crippen LogP contribution in [-0.2, 0) is 12.3 Å². The summed E-state index contributed by atoms with van der Waals surface area (Å²) in [7, 11) is -1.24. The van der Waals surface area contributed by atoms with Crippen LogP contribution in [0.2, 0.25) is 0 Å². The largest absolute Gasteiger partial charge is 0.325 e. The van der Waals surface area contributed by atoms with E-state index in [1.54, 1.807) is 0 Å². The molecule has 3 heterocycles. The van der Waals surface area contributed by atoms with Gasteiger partial charge in [-0.05, 0) is 47.2 Å². The predicted molar refractivity (Wildman–Crippen MR) is 175 cm³/mol. The van der Waals surface area contributed by atoms with Crippen LogP contribution < -0.4 is 0 Å². The molecule has 0 fully saturated rings. The lowest BCUT2D eigenvalue weighted by Crippen LogP contribution is -2.20. The average Bonchev–Trinajstić information content (AvgIpc) is 3.53. The van der Waals surface area contributed by atoms with E-state index in [4.69, 9.17) is 9.97 Å². The molecule has 3 aromatic carbocycles. The molecule has 0 aliphatic carbocycles. The van der Waals surface area contributed by atoms with Crippen LogP contribution in [0.1, 0.15) is 52.9 Å². The van der Waals surface area contributed by atoms with E-state index in [-0.39, 0.29) is 10.3 Å². The topological polar surface area (TPSA) is 35.6 Å². The number of para-hydroxylation sites is 4. The van der Waals surface area contributed by atoms with E-state index in [9.17, 15) is 0 Å². The van der Waals surface area contributed by atoms with Crippen LogP contribution in [0.5, 0.6) is 0 Å². The van der Waals surface area contributed by atoms with Crippen molar-refractivity contribution in [3.63, 3.8) is 0 Å². The zero-order chi connectivity index (χ0) is 28.1. The van der Waals surface area contributed by atoms with Crippen LogP contribution in [0.3, 0.4) is 0 Å². The molecule has 0 aliphatic rings. The van der Waals surface area contributed by atoms with E-state index in [0.717, 1.165) is 34.7 Å². The van der Waals surface area contributed by atoms with Gasteiger partial charge in [-0.1, -0.05) is 90.1 Å². The maximum absolute atomic E-state index is 5.34. The maximum atomic E-state index is 5.34. The predicted octanol–water partition coefficient (Wildman–Crippen LogP) is 10.0. The third-order valence-electron chi connectivity index (χ3n) is 7.55. The summed E-state index contributed by atoms with van der Waals surface area (Å²) in [4.78, 5) is 10.7. The highest BCUT2D eigenvalue weighted by atomic mass is 31.1. The number of benzene rings is 3. The summed E-state index contributed by atoms with van der Waals surface area (Å²) >= 11 is 0. The van der Waals surface area contributed by atoms with Gasteiger partial charge in [-0.3, -0.25) is 0 Å². The van der Waals surface area contributed by atoms with Gasteiger partial charge in [0.15, 0.2) is 0 Å². The summed E-state index contributed by atoms with van der Waals surface area (Å²) in [5.74, 6) is 0. The monoisotopic (exact) mass is 564 g/mol. The standard InChI is InChI=1S/C34H38N4P2/c1-33(2,3)39(37-21-19-25-13-7-11-17-31(25)37)23-29-30(36-28-16-10-9-15-27(28)35-29)24-40(34(4,5)6)38-22-20-26-14-8-12-18-32(26)38/h7-22H,23-24H2,1-6H3. The molecule has 40 heavy (non-hydrogen) atoms. The molecule has 0 amide bonds. The van der Waals surface area contributed by atoms with Crippen molar-refractivity contribution in [1.82, 2.24) is 18.6 Å². The number of aromatic nitrogens is 4. The van der Waals surface area contributed by atoms with Crippen LogP contribution in [-0.4, -0.2) is 29.0 Å². The summed E-state index contributed by atoms with van der Waals surface area (Å²) in [5, 5.41) is 2.76. The van der Waals surface area contributed by atoms with Gasteiger partial charge in [0, 0.05) is 51.2 Å². The first-order valence-electron chi connectivity index (χ1n) is 14.0. The molecule has 0 spiro atoms. The van der Waals surface area contributed by atoms with Crippen molar-refractivity contribution in [3.05, 3.63) is 109 Å². The molecule has 0 saturated heterocycles. The second-order valence-corrected chi connectivity index (χ2v) is 18.3. The summed E-state index contributed by atoms with van der Waals surface area (Å²) in [6, 6.07) is 30.3. The van der Waals surface area contributed by atoms with Crippen LogP contribution in [0.25, 0.3) is 32.8 Å². The third-order valence-corrected chi connectivity index (χ3v) is 13.6. The van der Waals surface area contributed by atoms with E-state index in [0.29, 0.717) is 0 Å². The molecule has 2 unspecified atom stereocenters. The number of nitrogens with zero attached hydrogens (tertiary/aromatic N) is 4. The molecule has 0 aliphatic heterocycles. The first-order chi connectivity index (χ1) is 19.1. The van der Waals surface area contributed by atoms with Gasteiger partial charge in [0.1, 0.15) is 0 Å². The van der Waals surface area contributed by atoms with Crippen molar-refractivity contribution in [2.24, 2.45) is 0 Å². The highest BCUT2D eigenvalue weighted by Gasteiger charge is 2.32. The lowest BCUT2D eigenvalue weighted by Gasteiger charge is -2.35. The SMILES string of the molecule is CC(C)(C)P(Cc1nc2ccccc2nc1CP(n1ccc2ccccc21)C(C)(C)C)n1ccc2ccccc21. The van der Waals surface area contributed by atoms with E-state index in [2.05, 4.69) is 148 Å². The van der Waals surface area contributed by atoms with Crippen molar-refractivity contribution in [1.29, 1.82) is 0 Å². The molecular formula is C34H38N4P2. The highest BCUT2D eigenvalue weighted by molar-refractivity contribution is 7.57. The van der Waals surface area contributed by atoms with Crippen molar-refractivity contribution in [3.8, 4) is 0 Å². The number of rotatable bonds is 6. The first-order valence-corrected chi connectivity index (χ1v) is 17.0. The van der Waals surface area contributed by atoms with Crippen molar-refractivity contribution in [2.75, 3.05) is 0 Å². The van der Waals surface area contributed by atoms with Gasteiger partial charge in [0.05, 0.1) is 33.5 Å². The van der Waals surface area contributed by atoms with E-state index in [1.165, 1.54) is 21.8 Å². The van der Waals surface area contributed by atoms with Crippen LogP contribution >= 0.6 is 16.1 Å². The van der Waals surface area contributed by atoms with Gasteiger partial charge < -0.3 is 8.68 Å². The molecular weight excluding hydrogens is 526 g/mol. The van der Waals surface area contributed by atoms with Crippen molar-refractivity contribution >= 4 is 49.0 Å². The van der Waals surface area contributed by atoms with Crippen LogP contribution in [0.15, 0.2) is 97.3 Å². The van der Waals surface area contributed by atoms with Gasteiger partial charge in [-0.15, -0.1) is 0 Å². The Morgan fingerprint density at radius 3 is 1.30 bits per heavy atom. The van der Waals surface area contributed by atoms with Gasteiger partial charge >= 0.3 is 0 Å². The normalized spacial score (nSPS) is 14.2. The number of hydrogen-bond donors (Lipinski definition) is 0. The van der Waals surface area contributed by atoms with Gasteiger partial charge in [-0.25, -0.2) is 9.97 Å². The molecule has 3 aromatic heterocycles. The molecule has 0 N–H and O–H groups in total. The lowest BCUT2D eigenvalue weighted by molar-refractivity contribution is 0.764. The second-order valence-electron chi connectivity index (χ2n) is 12.5. The second kappa shape index (κ2) is 10.4. The molecule has 2 atom stereocenters. The van der Waals surface area contributed by atoms with Gasteiger partial charge in [-0.2, -0.15) is 0 Å². The Morgan fingerprint density at radius 1 is 0.525 bits per heavy atom. The lowest BCUT2D eigenvalue weighted by atomic mass is 10.2. The molecule has 204 valence electrons. The Morgan fingerprint density at radius 2 is 0.900 bits per heavy atom. The maximum Gasteiger partial charge on any atom is 0.0890 e. The smallest absolute Gasteiger partial charge is 0.0890 e. The third kappa shape index (κ3) is 5.20. The fourth-order valence-electron chi connectivity index (χ4n) is 5.44. The zero-order valence-electron chi connectivity index (χ0n) is 24.3. The molecule has 0 bridgehead atoms. The minimum absolute atomic E-state index is 0.0904. The molecule has 6 heteroatoms. The molecule has 0 saturated carbocycles. The Labute approximate surface area is 240 Å². The molecule has 6 rings (SSSR count). The molecule has 6 aromatic rings. The van der Waals surface area contributed by atoms with Crippen LogP contribution in [0.4, 0.5) is 0 Å². The Hall–Kier alpha value is -3.06. The molecule has 4 nitrogen and oxygen atoms in total. The van der Waals surface area contributed by atoms with Crippen LogP contribution in [0, 0.1) is 0 Å². The van der Waals surface area contributed by atoms with Crippen molar-refractivity contribution < 1.29 is 0 Å². The summed E-state index contributed by atoms with van der Waals surface area (Å²) in [5.41, 5.74) is 6.85. The number of hydrogen-bond acceptors (Lipinski definition) is 2. The van der Waals surface area contributed by atoms with E-state index in [1.807, 2.05) is 0 Å². The Bertz CT molecular complexity index is 1670. The van der Waals surface area contributed by atoms with Gasteiger partial charge in [0.2, 0.25) is 0 Å². The summed E-state index contributed by atoms with van der Waals surface area (Å²) in [6.07, 6.45) is 6.35. The van der Waals surface area contributed by atoms with E-state index >= 15 is 0 Å². The number of fused-ring (bicyclic) bond motifs is 3. The quantitative estimate of drug-likeness (QED) is 0.189. The fraction of sp³-hybridized carbons (Fsp3) is 0.294. The van der Waals surface area contributed by atoms with Crippen molar-refractivity contribution in [2.45, 2.75) is 64.2 Å². The summed E-state index contributed by atoms with van der Waals surface area (Å²) < 4.78 is 5.05. The Balaban J connectivity index is 1.48. The minimum Gasteiger partial charge on any atom is -0.325 e. The highest BCUT2D eigenvalue weighted by Crippen LogP contribution is 2.57. The zero-order valence-corrected chi connectivity index (χ0v) is 26.1. The van der Waals surface area contributed by atoms with Gasteiger partial charge in [0.25, 0.3) is 0 Å².